The topological polar surface area (TPSA) is 54.5 Å². The summed E-state index contributed by atoms with van der Waals surface area (Å²) in [4.78, 5) is 19.2. The Balaban J connectivity index is 1.61. The average molecular weight is 394 g/mol. The quantitative estimate of drug-likeness (QED) is 0.671. The van der Waals surface area contributed by atoms with Gasteiger partial charge in [0.05, 0.1) is 12.8 Å². The number of anilines is 3. The van der Waals surface area contributed by atoms with Crippen LogP contribution in [0.2, 0.25) is 5.02 Å². The lowest BCUT2D eigenvalue weighted by atomic mass is 10.0. The number of rotatable bonds is 4. The van der Waals surface area contributed by atoms with E-state index in [4.69, 9.17) is 16.3 Å². The van der Waals surface area contributed by atoms with Crippen LogP contribution >= 0.6 is 11.6 Å². The Bertz CT molecular complexity index is 1020. The number of benzene rings is 2. The largest absolute Gasteiger partial charge is 0.495 e. The Morgan fingerprint density at radius 3 is 2.89 bits per heavy atom. The van der Waals surface area contributed by atoms with Gasteiger partial charge in [0.1, 0.15) is 11.4 Å². The molecule has 1 aromatic heterocycles. The number of nitrogens with zero attached hydrogens (tertiary/aromatic N) is 2. The molecule has 0 atom stereocenters. The van der Waals surface area contributed by atoms with Gasteiger partial charge in [-0.25, -0.2) is 0 Å². The predicted molar refractivity (Wildman–Crippen MR) is 112 cm³/mol. The van der Waals surface area contributed by atoms with Crippen LogP contribution in [0.25, 0.3) is 0 Å². The number of ether oxygens (including phenoxy) is 1. The molecule has 0 saturated heterocycles. The average Bonchev–Trinajstić information content (AvgIpc) is 2.73. The number of para-hydroxylation sites is 1. The van der Waals surface area contributed by atoms with Crippen molar-refractivity contribution in [2.24, 2.45) is 0 Å². The van der Waals surface area contributed by atoms with E-state index < -0.39 is 0 Å². The van der Waals surface area contributed by atoms with Crippen LogP contribution in [0.4, 0.5) is 17.1 Å². The van der Waals surface area contributed by atoms with E-state index in [1.54, 1.807) is 43.6 Å². The van der Waals surface area contributed by atoms with Crippen molar-refractivity contribution in [1.29, 1.82) is 0 Å². The Labute approximate surface area is 168 Å². The number of aromatic nitrogens is 1. The molecular formula is C22H20ClN3O2. The summed E-state index contributed by atoms with van der Waals surface area (Å²) in [7, 11) is 1.60. The van der Waals surface area contributed by atoms with Crippen LogP contribution in [0.15, 0.2) is 60.8 Å². The highest BCUT2D eigenvalue weighted by Crippen LogP contribution is 2.31. The minimum absolute atomic E-state index is 0.103. The summed E-state index contributed by atoms with van der Waals surface area (Å²) in [6, 6.07) is 16.9. The van der Waals surface area contributed by atoms with Gasteiger partial charge < -0.3 is 15.0 Å². The molecular weight excluding hydrogens is 374 g/mol. The molecule has 0 radical (unpaired) electrons. The first-order chi connectivity index (χ1) is 13.7. The highest BCUT2D eigenvalue weighted by Gasteiger charge is 2.24. The van der Waals surface area contributed by atoms with Crippen LogP contribution in [0.1, 0.15) is 22.5 Å². The second kappa shape index (κ2) is 7.90. The second-order valence-corrected chi connectivity index (χ2v) is 7.02. The molecule has 4 rings (SSSR count). The van der Waals surface area contributed by atoms with Crippen molar-refractivity contribution in [3.8, 4) is 5.75 Å². The first kappa shape index (κ1) is 18.3. The van der Waals surface area contributed by atoms with Crippen molar-refractivity contribution in [2.45, 2.75) is 12.8 Å². The number of aryl methyl sites for hydroxylation is 1. The van der Waals surface area contributed by atoms with E-state index in [0.717, 1.165) is 29.9 Å². The van der Waals surface area contributed by atoms with Crippen LogP contribution in [-0.2, 0) is 6.42 Å². The van der Waals surface area contributed by atoms with Gasteiger partial charge in [-0.2, -0.15) is 0 Å². The van der Waals surface area contributed by atoms with E-state index in [2.05, 4.69) is 16.4 Å². The molecule has 0 spiro atoms. The fourth-order valence-electron chi connectivity index (χ4n) is 3.44. The van der Waals surface area contributed by atoms with E-state index in [1.807, 2.05) is 23.1 Å². The minimum Gasteiger partial charge on any atom is -0.495 e. The maximum Gasteiger partial charge on any atom is 0.276 e. The van der Waals surface area contributed by atoms with Gasteiger partial charge in [0, 0.05) is 29.1 Å². The summed E-state index contributed by atoms with van der Waals surface area (Å²) < 4.78 is 5.37. The summed E-state index contributed by atoms with van der Waals surface area (Å²) >= 11 is 6.10. The minimum atomic E-state index is -0.103. The maximum atomic E-state index is 13.1. The Morgan fingerprint density at radius 1 is 1.18 bits per heavy atom. The first-order valence-corrected chi connectivity index (χ1v) is 9.50. The number of hydrogen-bond donors (Lipinski definition) is 1. The van der Waals surface area contributed by atoms with E-state index >= 15 is 0 Å². The highest BCUT2D eigenvalue weighted by atomic mass is 35.5. The lowest BCUT2D eigenvalue weighted by Gasteiger charge is -2.29. The lowest BCUT2D eigenvalue weighted by molar-refractivity contribution is 0.0980. The molecule has 0 aliphatic carbocycles. The third-order valence-electron chi connectivity index (χ3n) is 4.77. The van der Waals surface area contributed by atoms with E-state index in [-0.39, 0.29) is 5.91 Å². The zero-order valence-electron chi connectivity index (χ0n) is 15.5. The zero-order valence-corrected chi connectivity index (χ0v) is 16.2. The number of methoxy groups -OCH3 is 1. The fraction of sp³-hybridized carbons (Fsp3) is 0.182. The molecule has 0 fully saturated rings. The van der Waals surface area contributed by atoms with Gasteiger partial charge >= 0.3 is 0 Å². The second-order valence-electron chi connectivity index (χ2n) is 6.59. The zero-order chi connectivity index (χ0) is 19.5. The maximum absolute atomic E-state index is 13.1. The molecule has 28 heavy (non-hydrogen) atoms. The number of nitrogens with one attached hydrogen (secondary N) is 1. The molecule has 5 nitrogen and oxygen atoms in total. The smallest absolute Gasteiger partial charge is 0.276 e. The number of hydrogen-bond acceptors (Lipinski definition) is 4. The first-order valence-electron chi connectivity index (χ1n) is 9.12. The summed E-state index contributed by atoms with van der Waals surface area (Å²) in [6.07, 6.45) is 3.56. The lowest BCUT2D eigenvalue weighted by Crippen LogP contribution is -2.35. The van der Waals surface area contributed by atoms with Crippen LogP contribution < -0.4 is 15.0 Å². The Kier molecular flexibility index (Phi) is 5.17. The summed E-state index contributed by atoms with van der Waals surface area (Å²) in [5, 5.41) is 3.86. The van der Waals surface area contributed by atoms with E-state index in [0.29, 0.717) is 23.0 Å². The monoisotopic (exact) mass is 393 g/mol. The molecule has 6 heteroatoms. The number of amides is 1. The predicted octanol–water partition coefficient (Wildman–Crippen LogP) is 5.08. The van der Waals surface area contributed by atoms with Gasteiger partial charge in [-0.1, -0.05) is 29.8 Å². The Morgan fingerprint density at radius 2 is 2.04 bits per heavy atom. The van der Waals surface area contributed by atoms with Crippen molar-refractivity contribution < 1.29 is 9.53 Å². The number of fused-ring (bicyclic) bond motifs is 1. The molecule has 0 saturated carbocycles. The molecule has 3 aromatic rings. The molecule has 142 valence electrons. The summed E-state index contributed by atoms with van der Waals surface area (Å²) in [5.41, 5.74) is 4.02. The van der Waals surface area contributed by atoms with Crippen molar-refractivity contribution in [1.82, 2.24) is 4.98 Å². The molecule has 0 unspecified atom stereocenters. The van der Waals surface area contributed by atoms with Crippen LogP contribution in [0, 0.1) is 0 Å². The van der Waals surface area contributed by atoms with Crippen molar-refractivity contribution in [3.63, 3.8) is 0 Å². The van der Waals surface area contributed by atoms with Gasteiger partial charge in [-0.05, 0) is 54.8 Å². The van der Waals surface area contributed by atoms with Gasteiger partial charge in [0.15, 0.2) is 0 Å². The molecule has 1 N–H and O–H groups in total. The summed E-state index contributed by atoms with van der Waals surface area (Å²) in [5.74, 6) is 0.563. The standard InChI is InChI=1S/C22H20ClN3O2/c1-28-21-9-8-16(23)13-18(21)25-17-10-11-24-19(14-17)22(27)26-12-4-6-15-5-2-3-7-20(15)26/h2-3,5,7-11,13-14H,4,6,12H2,1H3,(H,24,25). The molecule has 1 aliphatic heterocycles. The van der Waals surface area contributed by atoms with Crippen molar-refractivity contribution >= 4 is 34.6 Å². The molecule has 2 heterocycles. The fourth-order valence-corrected chi connectivity index (χ4v) is 3.61. The van der Waals surface area contributed by atoms with E-state index in [1.165, 1.54) is 5.56 Å². The molecule has 1 aliphatic rings. The summed E-state index contributed by atoms with van der Waals surface area (Å²) in [6.45, 7) is 0.692. The van der Waals surface area contributed by atoms with Crippen LogP contribution in [0.3, 0.4) is 0 Å². The number of pyridine rings is 1. The van der Waals surface area contributed by atoms with Gasteiger partial charge in [-0.15, -0.1) is 0 Å². The third kappa shape index (κ3) is 3.66. The van der Waals surface area contributed by atoms with Crippen molar-refractivity contribution in [3.05, 3.63) is 77.1 Å². The van der Waals surface area contributed by atoms with Gasteiger partial charge in [0.25, 0.3) is 5.91 Å². The Hall–Kier alpha value is -3.05. The third-order valence-corrected chi connectivity index (χ3v) is 5.01. The molecule has 2 aromatic carbocycles. The number of carbonyl (C=O) groups excluding carboxylic acids is 1. The van der Waals surface area contributed by atoms with Crippen LogP contribution in [-0.4, -0.2) is 24.5 Å². The normalized spacial score (nSPS) is 13.0. The SMILES string of the molecule is COc1ccc(Cl)cc1Nc1ccnc(C(=O)N2CCCc3ccccc32)c1. The molecule has 0 bridgehead atoms. The van der Waals surface area contributed by atoms with Crippen molar-refractivity contribution in [2.75, 3.05) is 23.9 Å². The highest BCUT2D eigenvalue weighted by molar-refractivity contribution is 6.31. The number of carbonyl (C=O) groups is 1. The number of halogens is 1. The van der Waals surface area contributed by atoms with E-state index in [9.17, 15) is 4.79 Å². The van der Waals surface area contributed by atoms with Gasteiger partial charge in [-0.3, -0.25) is 9.78 Å². The van der Waals surface area contributed by atoms with Gasteiger partial charge in [0.2, 0.25) is 0 Å². The van der Waals surface area contributed by atoms with Crippen LogP contribution in [0.5, 0.6) is 5.75 Å². The molecule has 1 amide bonds.